The normalized spacial score (nSPS) is 15.5. The summed E-state index contributed by atoms with van der Waals surface area (Å²) in [5, 5.41) is 40.7. The summed E-state index contributed by atoms with van der Waals surface area (Å²) in [6.07, 6.45) is -11.2. The van der Waals surface area contributed by atoms with Crippen LogP contribution in [0.1, 0.15) is 33.4 Å². The summed E-state index contributed by atoms with van der Waals surface area (Å²) < 4.78 is 94.8. The van der Waals surface area contributed by atoms with Crippen molar-refractivity contribution in [1.82, 2.24) is 0 Å². The number of allylic oxidation sites excluding steroid dienone is 8. The van der Waals surface area contributed by atoms with Gasteiger partial charge in [-0.15, -0.1) is 26.3 Å². The molecule has 14 heteroatoms. The minimum atomic E-state index is -5.61. The van der Waals surface area contributed by atoms with Crippen molar-refractivity contribution in [2.45, 2.75) is 12.7 Å². The molecule has 230 valence electrons. The zero-order valence-electron chi connectivity index (χ0n) is 23.5. The van der Waals surface area contributed by atoms with Gasteiger partial charge in [0.2, 0.25) is 0 Å². The second-order valence-electron chi connectivity index (χ2n) is 9.60. The smallest absolute Gasteiger partial charge is 0.404 e. The molecule has 5 rings (SSSR count). The van der Waals surface area contributed by atoms with Gasteiger partial charge >= 0.3 is 12.7 Å². The maximum absolute atomic E-state index is 14.3. The first-order valence-corrected chi connectivity index (χ1v) is 13.1. The molecule has 48 heavy (non-hydrogen) atoms. The number of alkyl halides is 6. The molecule has 0 unspecified atom stereocenters. The maximum atomic E-state index is 14.3. The number of halogens is 6. The van der Waals surface area contributed by atoms with Gasteiger partial charge in [-0.2, -0.15) is 10.5 Å². The highest BCUT2D eigenvalue weighted by Crippen LogP contribution is 2.64. The van der Waals surface area contributed by atoms with Crippen molar-refractivity contribution in [2.24, 2.45) is 0 Å². The highest BCUT2D eigenvalue weighted by Gasteiger charge is 2.49. The van der Waals surface area contributed by atoms with Crippen LogP contribution in [0, 0.1) is 58.5 Å². The van der Waals surface area contributed by atoms with Crippen molar-refractivity contribution in [2.75, 3.05) is 0 Å². The van der Waals surface area contributed by atoms with E-state index in [1.807, 2.05) is 0 Å². The van der Waals surface area contributed by atoms with Crippen LogP contribution in [0.5, 0.6) is 11.5 Å². The van der Waals surface area contributed by atoms with Crippen LogP contribution >= 0.6 is 0 Å². The van der Waals surface area contributed by atoms with Crippen LogP contribution in [-0.2, 0) is 0 Å². The van der Waals surface area contributed by atoms with E-state index in [1.54, 1.807) is 12.1 Å². The van der Waals surface area contributed by atoms with Crippen LogP contribution in [0.25, 0.3) is 43.1 Å². The third kappa shape index (κ3) is 5.23. The molecule has 0 amide bonds. The highest BCUT2D eigenvalue weighted by atomic mass is 19.4. The van der Waals surface area contributed by atoms with Gasteiger partial charge in [-0.3, -0.25) is 0 Å². The summed E-state index contributed by atoms with van der Waals surface area (Å²) in [7, 11) is 0. The van der Waals surface area contributed by atoms with Crippen LogP contribution in [0.2, 0.25) is 0 Å². The molecule has 0 aliphatic heterocycles. The first kappa shape index (κ1) is 32.1. The van der Waals surface area contributed by atoms with Crippen LogP contribution in [0.3, 0.4) is 0 Å². The molecule has 0 spiro atoms. The van der Waals surface area contributed by atoms with Crippen molar-refractivity contribution in [3.05, 3.63) is 128 Å². The second kappa shape index (κ2) is 11.9. The summed E-state index contributed by atoms with van der Waals surface area (Å²) in [5.41, 5.74) is -9.36. The molecular formula is C34H10F6N6O2. The van der Waals surface area contributed by atoms with Crippen molar-refractivity contribution in [3.8, 4) is 35.8 Å². The van der Waals surface area contributed by atoms with Gasteiger partial charge in [0.25, 0.3) is 11.4 Å². The second-order valence-corrected chi connectivity index (χ2v) is 9.60. The van der Waals surface area contributed by atoms with Crippen LogP contribution in [0.15, 0.2) is 72.1 Å². The number of nitrogens with zero attached hydrogens (tertiary/aromatic N) is 6. The average Bonchev–Trinajstić information content (AvgIpc) is 3.58. The molecule has 0 saturated carbocycles. The Morgan fingerprint density at radius 2 is 0.896 bits per heavy atom. The first-order chi connectivity index (χ1) is 22.8. The molecular weight excluding hydrogens is 638 g/mol. The molecule has 2 aliphatic rings. The quantitative estimate of drug-likeness (QED) is 0.159. The minimum absolute atomic E-state index is 0.0170. The van der Waals surface area contributed by atoms with Gasteiger partial charge < -0.3 is 9.47 Å². The highest BCUT2D eigenvalue weighted by molar-refractivity contribution is 6.32. The summed E-state index contributed by atoms with van der Waals surface area (Å²) in [5.74, 6) is -2.70. The lowest BCUT2D eigenvalue weighted by atomic mass is 9.89. The molecule has 3 aromatic carbocycles. The van der Waals surface area contributed by atoms with E-state index in [-0.39, 0.29) is 11.1 Å². The Labute approximate surface area is 267 Å². The zero-order valence-corrected chi connectivity index (χ0v) is 23.5. The molecule has 0 fully saturated rings. The third-order valence-electron chi connectivity index (χ3n) is 7.10. The van der Waals surface area contributed by atoms with E-state index in [0.29, 0.717) is 0 Å². The average molecular weight is 648 g/mol. The largest absolute Gasteiger partial charge is 0.573 e. The lowest BCUT2D eigenvalue weighted by molar-refractivity contribution is -0.277. The van der Waals surface area contributed by atoms with Crippen LogP contribution in [-0.4, -0.2) is 12.7 Å². The van der Waals surface area contributed by atoms with E-state index in [2.05, 4.69) is 19.2 Å². The minimum Gasteiger partial charge on any atom is -0.404 e. The maximum Gasteiger partial charge on any atom is 0.573 e. The van der Waals surface area contributed by atoms with Crippen molar-refractivity contribution < 1.29 is 35.8 Å². The van der Waals surface area contributed by atoms with Crippen molar-refractivity contribution in [3.63, 3.8) is 0 Å². The molecule has 0 bridgehead atoms. The lowest BCUT2D eigenvalue weighted by Gasteiger charge is -2.23. The Kier molecular flexibility index (Phi) is 7.98. The van der Waals surface area contributed by atoms with Gasteiger partial charge in [0.1, 0.15) is 23.6 Å². The van der Waals surface area contributed by atoms with Crippen molar-refractivity contribution in [1.29, 1.82) is 21.0 Å². The molecule has 0 atom stereocenters. The summed E-state index contributed by atoms with van der Waals surface area (Å²) in [6, 6.07) is 20.5. The first-order valence-electron chi connectivity index (χ1n) is 13.1. The molecule has 0 aromatic heterocycles. The van der Waals surface area contributed by atoms with Gasteiger partial charge in [-0.05, 0) is 22.3 Å². The number of nitriles is 4. The Bertz CT molecular complexity index is 2110. The molecule has 2 aliphatic carbocycles. The molecule has 0 saturated heterocycles. The van der Waals surface area contributed by atoms with E-state index in [4.69, 9.17) is 13.1 Å². The van der Waals surface area contributed by atoms with E-state index in [1.165, 1.54) is 72.8 Å². The number of benzene rings is 3. The Morgan fingerprint density at radius 1 is 0.562 bits per heavy atom. The predicted octanol–water partition coefficient (Wildman–Crippen LogP) is 8.69. The Hall–Kier alpha value is -7.26. The van der Waals surface area contributed by atoms with E-state index in [0.717, 1.165) is 0 Å². The monoisotopic (exact) mass is 648 g/mol. The van der Waals surface area contributed by atoms with Gasteiger partial charge in [0.15, 0.2) is 0 Å². The summed E-state index contributed by atoms with van der Waals surface area (Å²) in [6.45, 7) is 15.3. The number of ether oxygens (including phenoxy) is 2. The summed E-state index contributed by atoms with van der Waals surface area (Å²) >= 11 is 0. The van der Waals surface area contributed by atoms with Crippen LogP contribution in [0.4, 0.5) is 26.3 Å². The number of hydrogen-bond acceptors (Lipinski definition) is 6. The predicted molar refractivity (Wildman–Crippen MR) is 156 cm³/mol. The van der Waals surface area contributed by atoms with Gasteiger partial charge in [0, 0.05) is 33.4 Å². The van der Waals surface area contributed by atoms with Gasteiger partial charge in [-0.1, -0.05) is 60.7 Å². The zero-order chi connectivity index (χ0) is 35.0. The fourth-order valence-electron chi connectivity index (χ4n) is 5.60. The van der Waals surface area contributed by atoms with Gasteiger partial charge in [-0.25, -0.2) is 20.2 Å². The number of fused-ring (bicyclic) bond motifs is 2. The molecule has 3 aromatic rings. The fourth-order valence-corrected chi connectivity index (χ4v) is 5.60. The van der Waals surface area contributed by atoms with Crippen LogP contribution < -0.4 is 9.47 Å². The topological polar surface area (TPSA) is 122 Å². The molecule has 0 radical (unpaired) electrons. The summed E-state index contributed by atoms with van der Waals surface area (Å²) in [4.78, 5) is 6.19. The fraction of sp³-hybridized carbons (Fsp3) is 0.0588. The third-order valence-corrected chi connectivity index (χ3v) is 7.10. The Balaban J connectivity index is 2.20. The number of rotatable bonds is 4. The number of hydrogen-bond donors (Lipinski definition) is 0. The SMILES string of the molecule is [C-]#[N+]/C(C#N)=C1/C(c2ccccc2)=C(C#N)c2c(OC(F)(F)F)c3c(c(OC(F)(F)F)c21)C(C#N)=C(c1ccccc1)/C3=C(/C#N)[N+]#[C-]. The molecule has 0 heterocycles. The Morgan fingerprint density at radius 3 is 1.15 bits per heavy atom. The van der Waals surface area contributed by atoms with E-state index < -0.39 is 91.3 Å². The van der Waals surface area contributed by atoms with E-state index >= 15 is 0 Å². The lowest BCUT2D eigenvalue weighted by Crippen LogP contribution is -2.22. The standard InChI is InChI=1S/C34H10F6N6O2/c1-45-21(15-43)27-23(17-9-5-3-6-10-17)19(13-41)25-29(27)31(47-33(35,36)37)26-20(14-42)24(18-11-7-4-8-12-18)28(22(16-44)46-2)30(26)32(25)48-34(38,39)40/h3-12H/b27-21-,28-22+. The molecule has 0 N–H and O–H groups in total. The van der Waals surface area contributed by atoms with E-state index in [9.17, 15) is 47.4 Å². The molecule has 8 nitrogen and oxygen atoms in total. The van der Waals surface area contributed by atoms with Gasteiger partial charge in [0.05, 0.1) is 36.4 Å². The van der Waals surface area contributed by atoms with Crippen molar-refractivity contribution >= 4 is 33.4 Å².